The molecule has 0 radical (unpaired) electrons. The fraction of sp³-hybridized carbons (Fsp3) is 0.308. The predicted molar refractivity (Wildman–Crippen MR) is 138 cm³/mol. The highest BCUT2D eigenvalue weighted by atomic mass is 79.9. The molecule has 0 aromatic heterocycles. The van der Waals surface area contributed by atoms with Crippen LogP contribution in [0.25, 0.3) is 0 Å². The number of nitrogens with one attached hydrogen (secondary N) is 1. The summed E-state index contributed by atoms with van der Waals surface area (Å²) in [5.41, 5.74) is 3.45. The Morgan fingerprint density at radius 2 is 1.33 bits per heavy atom. The molecule has 0 spiro atoms. The Balaban J connectivity index is 0.000000511. The first kappa shape index (κ1) is 30.3. The second-order valence-corrected chi connectivity index (χ2v) is 7.56. The third-order valence-corrected chi connectivity index (χ3v) is 4.77. The molecule has 0 heterocycles. The number of carbonyl (C=O) groups excluding carboxylic acids is 2. The average Bonchev–Trinajstić information content (AvgIpc) is 2.84. The number of ether oxygens (including phenoxy) is 2. The lowest BCUT2D eigenvalue weighted by atomic mass is 10.2. The SMILES string of the molecule is C=C(CBr)C(=O)OC.C=C(CN(C)Cc1ccccc1)C(=O)OC.CNCc1ccccc1. The van der Waals surface area contributed by atoms with E-state index in [1.54, 1.807) is 0 Å². The third kappa shape index (κ3) is 14.9. The molecule has 7 heteroatoms. The van der Waals surface area contributed by atoms with Gasteiger partial charge >= 0.3 is 11.9 Å². The number of methoxy groups -OCH3 is 2. The van der Waals surface area contributed by atoms with Gasteiger partial charge in [-0.3, -0.25) is 4.90 Å². The number of esters is 2. The van der Waals surface area contributed by atoms with Crippen LogP contribution in [0.2, 0.25) is 0 Å². The van der Waals surface area contributed by atoms with E-state index < -0.39 is 0 Å². The molecule has 0 saturated carbocycles. The Bertz CT molecular complexity index is 828. The smallest absolute Gasteiger partial charge is 0.334 e. The second kappa shape index (κ2) is 18.8. The van der Waals surface area contributed by atoms with Crippen molar-refractivity contribution in [2.45, 2.75) is 13.1 Å². The second-order valence-electron chi connectivity index (χ2n) is 7.00. The van der Waals surface area contributed by atoms with Crippen LogP contribution < -0.4 is 5.32 Å². The maximum absolute atomic E-state index is 11.2. The zero-order valence-electron chi connectivity index (χ0n) is 20.0. The largest absolute Gasteiger partial charge is 0.466 e. The van der Waals surface area contributed by atoms with Gasteiger partial charge in [-0.15, -0.1) is 0 Å². The molecule has 0 aliphatic rings. The Morgan fingerprint density at radius 1 is 0.879 bits per heavy atom. The van der Waals surface area contributed by atoms with Crippen LogP contribution in [-0.4, -0.2) is 57.0 Å². The maximum Gasteiger partial charge on any atom is 0.334 e. The fourth-order valence-electron chi connectivity index (χ4n) is 2.48. The van der Waals surface area contributed by atoms with E-state index in [1.165, 1.54) is 25.3 Å². The van der Waals surface area contributed by atoms with Gasteiger partial charge in [0.05, 0.1) is 14.2 Å². The van der Waals surface area contributed by atoms with Gasteiger partial charge < -0.3 is 14.8 Å². The van der Waals surface area contributed by atoms with Crippen LogP contribution in [-0.2, 0) is 32.2 Å². The summed E-state index contributed by atoms with van der Waals surface area (Å²) in [6.07, 6.45) is 0. The van der Waals surface area contributed by atoms with E-state index in [-0.39, 0.29) is 11.9 Å². The first-order valence-electron chi connectivity index (χ1n) is 10.3. The molecule has 6 nitrogen and oxygen atoms in total. The van der Waals surface area contributed by atoms with Crippen molar-refractivity contribution in [2.24, 2.45) is 0 Å². The molecule has 0 fully saturated rings. The van der Waals surface area contributed by atoms with Crippen molar-refractivity contribution in [3.8, 4) is 0 Å². The highest BCUT2D eigenvalue weighted by Gasteiger charge is 2.09. The topological polar surface area (TPSA) is 67.9 Å². The van der Waals surface area contributed by atoms with E-state index in [0.717, 1.165) is 13.1 Å². The molecular formula is C26H35BrN2O4. The van der Waals surface area contributed by atoms with Crippen LogP contribution in [0.4, 0.5) is 0 Å². The highest BCUT2D eigenvalue weighted by molar-refractivity contribution is 9.09. The van der Waals surface area contributed by atoms with Crippen LogP contribution in [0.15, 0.2) is 85.0 Å². The highest BCUT2D eigenvalue weighted by Crippen LogP contribution is 2.05. The zero-order chi connectivity index (χ0) is 25.1. The minimum atomic E-state index is -0.359. The number of rotatable bonds is 9. The number of alkyl halides is 1. The summed E-state index contributed by atoms with van der Waals surface area (Å²) in [6, 6.07) is 20.4. The van der Waals surface area contributed by atoms with Crippen LogP contribution in [0, 0.1) is 0 Å². The molecule has 0 unspecified atom stereocenters. The maximum atomic E-state index is 11.2. The monoisotopic (exact) mass is 518 g/mol. The van der Waals surface area contributed by atoms with Crippen molar-refractivity contribution in [3.05, 3.63) is 96.1 Å². The molecule has 33 heavy (non-hydrogen) atoms. The van der Waals surface area contributed by atoms with E-state index in [4.69, 9.17) is 0 Å². The number of nitrogens with zero attached hydrogens (tertiary/aromatic N) is 1. The average molecular weight is 519 g/mol. The first-order chi connectivity index (χ1) is 15.8. The summed E-state index contributed by atoms with van der Waals surface area (Å²) < 4.78 is 8.93. The Labute approximate surface area is 206 Å². The van der Waals surface area contributed by atoms with Crippen molar-refractivity contribution in [1.29, 1.82) is 0 Å². The molecule has 2 rings (SSSR count). The standard InChI is InChI=1S/C13H17NO2.C8H11N.C5H7BrO2/c1-11(13(15)16-3)9-14(2)10-12-7-5-4-6-8-12;1-9-7-8-5-3-2-4-6-8;1-4(3-6)5(7)8-2/h4-8H,1,9-10H2,2-3H3;2-6,9H,7H2,1H3;1,3H2,2H3. The molecule has 2 aromatic carbocycles. The Morgan fingerprint density at radius 3 is 1.73 bits per heavy atom. The van der Waals surface area contributed by atoms with Gasteiger partial charge in [0.25, 0.3) is 0 Å². The van der Waals surface area contributed by atoms with Crippen LogP contribution in [0.1, 0.15) is 11.1 Å². The summed E-state index contributed by atoms with van der Waals surface area (Å²) in [5.74, 6) is -0.707. The van der Waals surface area contributed by atoms with Crippen LogP contribution in [0.5, 0.6) is 0 Å². The van der Waals surface area contributed by atoms with Crippen LogP contribution >= 0.6 is 15.9 Å². The quantitative estimate of drug-likeness (QED) is 0.302. The Kier molecular flexibility index (Phi) is 17.2. The summed E-state index contributed by atoms with van der Waals surface area (Å²) in [6.45, 7) is 9.38. The summed E-state index contributed by atoms with van der Waals surface area (Å²) in [4.78, 5) is 23.6. The summed E-state index contributed by atoms with van der Waals surface area (Å²) in [7, 11) is 6.59. The molecule has 0 atom stereocenters. The molecular weight excluding hydrogens is 484 g/mol. The number of carbonyl (C=O) groups is 2. The van der Waals surface area contributed by atoms with E-state index >= 15 is 0 Å². The van der Waals surface area contributed by atoms with Crippen molar-refractivity contribution < 1.29 is 19.1 Å². The van der Waals surface area contributed by atoms with Crippen molar-refractivity contribution in [2.75, 3.05) is 40.2 Å². The van der Waals surface area contributed by atoms with E-state index in [0.29, 0.717) is 23.0 Å². The molecule has 0 amide bonds. The lowest BCUT2D eigenvalue weighted by Gasteiger charge is -2.16. The van der Waals surface area contributed by atoms with Crippen molar-refractivity contribution in [3.63, 3.8) is 0 Å². The van der Waals surface area contributed by atoms with Gasteiger partial charge in [0.15, 0.2) is 0 Å². The number of halogens is 1. The normalized spacial score (nSPS) is 9.52. The first-order valence-corrected chi connectivity index (χ1v) is 11.4. The van der Waals surface area contributed by atoms with Gasteiger partial charge in [-0.25, -0.2) is 9.59 Å². The van der Waals surface area contributed by atoms with Gasteiger partial charge in [-0.1, -0.05) is 89.8 Å². The minimum absolute atomic E-state index is 0.347. The molecule has 0 saturated heterocycles. The summed E-state index contributed by atoms with van der Waals surface area (Å²) in [5, 5.41) is 3.56. The molecule has 0 bridgehead atoms. The lowest BCUT2D eigenvalue weighted by molar-refractivity contribution is -0.137. The third-order valence-electron chi connectivity index (χ3n) is 4.09. The molecule has 2 aromatic rings. The Hall–Kier alpha value is -2.74. The summed E-state index contributed by atoms with van der Waals surface area (Å²) >= 11 is 3.06. The fourth-order valence-corrected chi connectivity index (χ4v) is 2.71. The van der Waals surface area contributed by atoms with Gasteiger partial charge in [0, 0.05) is 36.1 Å². The molecule has 180 valence electrons. The van der Waals surface area contributed by atoms with E-state index in [2.05, 4.69) is 68.1 Å². The van der Waals surface area contributed by atoms with Crippen molar-refractivity contribution >= 4 is 27.9 Å². The molecule has 0 aliphatic carbocycles. The predicted octanol–water partition coefficient (Wildman–Crippen LogP) is 4.36. The lowest BCUT2D eigenvalue weighted by Crippen LogP contribution is -2.23. The number of hydrogen-bond donors (Lipinski definition) is 1. The van der Waals surface area contributed by atoms with Gasteiger partial charge in [0.1, 0.15) is 0 Å². The number of benzene rings is 2. The van der Waals surface area contributed by atoms with Crippen molar-refractivity contribution in [1.82, 2.24) is 10.2 Å². The zero-order valence-corrected chi connectivity index (χ0v) is 21.6. The molecule has 0 aliphatic heterocycles. The van der Waals surface area contributed by atoms with E-state index in [1.807, 2.05) is 55.4 Å². The number of likely N-dealkylation sites (N-methyl/N-ethyl adjacent to an activating group) is 1. The van der Waals surface area contributed by atoms with Gasteiger partial charge in [0.2, 0.25) is 0 Å². The van der Waals surface area contributed by atoms with Gasteiger partial charge in [-0.2, -0.15) is 0 Å². The molecule has 1 N–H and O–H groups in total. The van der Waals surface area contributed by atoms with Gasteiger partial charge in [-0.05, 0) is 25.2 Å². The van der Waals surface area contributed by atoms with Crippen LogP contribution in [0.3, 0.4) is 0 Å². The number of hydrogen-bond acceptors (Lipinski definition) is 6. The van der Waals surface area contributed by atoms with E-state index in [9.17, 15) is 9.59 Å². The minimum Gasteiger partial charge on any atom is -0.466 e.